The lowest BCUT2D eigenvalue weighted by Crippen LogP contribution is -2.34. The summed E-state index contributed by atoms with van der Waals surface area (Å²) in [6.45, 7) is 11.3. The summed E-state index contributed by atoms with van der Waals surface area (Å²) in [5, 5.41) is 3.51. The third-order valence-electron chi connectivity index (χ3n) is 4.63. The lowest BCUT2D eigenvalue weighted by atomic mass is 9.95. The summed E-state index contributed by atoms with van der Waals surface area (Å²) >= 11 is 0. The fraction of sp³-hybridized carbons (Fsp3) is 0.500. The number of nitrogens with one attached hydrogen (secondary N) is 1. The second kappa shape index (κ2) is 4.87. The third-order valence-corrected chi connectivity index (χ3v) is 4.63. The van der Waals surface area contributed by atoms with Gasteiger partial charge in [0.1, 0.15) is 0 Å². The zero-order valence-corrected chi connectivity index (χ0v) is 11.1. The third kappa shape index (κ3) is 2.11. The number of hydrogen-bond acceptors (Lipinski definition) is 2. The Labute approximate surface area is 110 Å². The smallest absolute Gasteiger partial charge is 0.0236 e. The van der Waals surface area contributed by atoms with E-state index < -0.39 is 0 Å². The van der Waals surface area contributed by atoms with E-state index in [1.54, 1.807) is 0 Å². The van der Waals surface area contributed by atoms with E-state index in [-0.39, 0.29) is 0 Å². The molecule has 0 amide bonds. The number of nitrogens with zero attached hydrogens (tertiary/aromatic N) is 1. The number of hydrogen-bond donors (Lipinski definition) is 1. The highest BCUT2D eigenvalue weighted by molar-refractivity contribution is 5.64. The molecule has 3 rings (SSSR count). The van der Waals surface area contributed by atoms with Crippen LogP contribution in [0.3, 0.4) is 0 Å². The molecule has 2 fully saturated rings. The van der Waals surface area contributed by atoms with Gasteiger partial charge in [0, 0.05) is 19.1 Å². The molecule has 1 N–H and O–H groups in total. The van der Waals surface area contributed by atoms with Crippen molar-refractivity contribution in [2.45, 2.75) is 13.0 Å². The largest absolute Gasteiger partial charge is 0.316 e. The molecular weight excluding hydrogens is 220 g/mol. The van der Waals surface area contributed by atoms with Gasteiger partial charge in [-0.1, -0.05) is 36.9 Å². The van der Waals surface area contributed by atoms with E-state index in [1.165, 1.54) is 30.8 Å². The highest BCUT2D eigenvalue weighted by Gasteiger charge is 2.41. The molecule has 0 radical (unpaired) electrons. The summed E-state index contributed by atoms with van der Waals surface area (Å²) in [4.78, 5) is 2.60. The molecule has 2 aliphatic heterocycles. The first-order valence-electron chi connectivity index (χ1n) is 6.93. The van der Waals surface area contributed by atoms with Gasteiger partial charge < -0.3 is 5.32 Å². The van der Waals surface area contributed by atoms with Gasteiger partial charge in [-0.2, -0.15) is 0 Å². The van der Waals surface area contributed by atoms with Gasteiger partial charge in [0.2, 0.25) is 0 Å². The van der Waals surface area contributed by atoms with Gasteiger partial charge in [0.05, 0.1) is 0 Å². The number of rotatable bonds is 3. The van der Waals surface area contributed by atoms with Crippen molar-refractivity contribution in [2.75, 3.05) is 26.2 Å². The van der Waals surface area contributed by atoms with Crippen LogP contribution in [0, 0.1) is 11.8 Å². The first-order valence-corrected chi connectivity index (χ1v) is 6.93. The molecule has 0 aliphatic carbocycles. The molecule has 3 unspecified atom stereocenters. The zero-order chi connectivity index (χ0) is 12.5. The van der Waals surface area contributed by atoms with Crippen LogP contribution in [0.25, 0.3) is 5.57 Å². The summed E-state index contributed by atoms with van der Waals surface area (Å²) < 4.78 is 0. The molecule has 1 aromatic carbocycles. The van der Waals surface area contributed by atoms with Gasteiger partial charge in [-0.25, -0.2) is 0 Å². The van der Waals surface area contributed by atoms with Gasteiger partial charge in [-0.05, 0) is 43.0 Å². The monoisotopic (exact) mass is 242 g/mol. The summed E-state index contributed by atoms with van der Waals surface area (Å²) in [6, 6.07) is 11.2. The molecule has 0 aromatic heterocycles. The van der Waals surface area contributed by atoms with Crippen LogP contribution in [0.4, 0.5) is 0 Å². The Kier molecular flexibility index (Phi) is 3.23. The Hall–Kier alpha value is -1.12. The van der Waals surface area contributed by atoms with Gasteiger partial charge in [-0.15, -0.1) is 0 Å². The Bertz CT molecular complexity index is 426. The molecule has 2 aliphatic rings. The van der Waals surface area contributed by atoms with Crippen molar-refractivity contribution < 1.29 is 0 Å². The highest BCUT2D eigenvalue weighted by atomic mass is 15.2. The lowest BCUT2D eigenvalue weighted by Gasteiger charge is -2.25. The Morgan fingerprint density at radius 2 is 2.11 bits per heavy atom. The van der Waals surface area contributed by atoms with E-state index in [1.807, 2.05) is 0 Å². The quantitative estimate of drug-likeness (QED) is 0.874. The molecule has 0 spiro atoms. The molecule has 2 heteroatoms. The molecule has 3 atom stereocenters. The number of fused-ring (bicyclic) bond motifs is 1. The zero-order valence-electron chi connectivity index (χ0n) is 11.1. The summed E-state index contributed by atoms with van der Waals surface area (Å²) in [7, 11) is 0. The fourth-order valence-corrected chi connectivity index (χ4v) is 3.47. The van der Waals surface area contributed by atoms with Crippen molar-refractivity contribution in [2.24, 2.45) is 11.8 Å². The van der Waals surface area contributed by atoms with Crippen molar-refractivity contribution in [1.29, 1.82) is 0 Å². The minimum absolute atomic E-state index is 0.686. The van der Waals surface area contributed by atoms with Crippen molar-refractivity contribution in [1.82, 2.24) is 10.2 Å². The van der Waals surface area contributed by atoms with Crippen LogP contribution in [-0.2, 0) is 0 Å². The van der Waals surface area contributed by atoms with E-state index in [0.29, 0.717) is 6.04 Å². The maximum Gasteiger partial charge on any atom is 0.0236 e. The van der Waals surface area contributed by atoms with Crippen LogP contribution in [0.5, 0.6) is 0 Å². The summed E-state index contributed by atoms with van der Waals surface area (Å²) in [5.74, 6) is 1.69. The van der Waals surface area contributed by atoms with Crippen LogP contribution < -0.4 is 5.32 Å². The Morgan fingerprint density at radius 3 is 2.83 bits per heavy atom. The standard InChI is InChI=1S/C16H22N2/c1-12(14-6-4-3-5-7-14)10-18-11-15-8-17-9-16(15)13(18)2/h3-7,13,15-17H,1,8-11H2,2H3. The molecule has 0 saturated carbocycles. The van der Waals surface area contributed by atoms with Crippen molar-refractivity contribution >= 4 is 5.57 Å². The first-order chi connectivity index (χ1) is 8.75. The first kappa shape index (κ1) is 11.9. The summed E-state index contributed by atoms with van der Waals surface area (Å²) in [6.07, 6.45) is 0. The van der Waals surface area contributed by atoms with Gasteiger partial charge in [-0.3, -0.25) is 4.90 Å². The normalized spacial score (nSPS) is 31.5. The lowest BCUT2D eigenvalue weighted by molar-refractivity contribution is 0.268. The molecule has 96 valence electrons. The van der Waals surface area contributed by atoms with Gasteiger partial charge in [0.25, 0.3) is 0 Å². The maximum atomic E-state index is 4.26. The topological polar surface area (TPSA) is 15.3 Å². The maximum absolute atomic E-state index is 4.26. The minimum Gasteiger partial charge on any atom is -0.316 e. The summed E-state index contributed by atoms with van der Waals surface area (Å²) in [5.41, 5.74) is 2.52. The van der Waals surface area contributed by atoms with E-state index in [4.69, 9.17) is 0 Å². The molecule has 18 heavy (non-hydrogen) atoms. The molecule has 2 nitrogen and oxygen atoms in total. The number of benzene rings is 1. The molecular formula is C16H22N2. The van der Waals surface area contributed by atoms with E-state index in [0.717, 1.165) is 18.4 Å². The molecule has 0 bridgehead atoms. The van der Waals surface area contributed by atoms with Crippen LogP contribution in [0.1, 0.15) is 12.5 Å². The Morgan fingerprint density at radius 1 is 1.33 bits per heavy atom. The van der Waals surface area contributed by atoms with Gasteiger partial charge in [0.15, 0.2) is 0 Å². The van der Waals surface area contributed by atoms with Crippen molar-refractivity contribution in [3.05, 3.63) is 42.5 Å². The van der Waals surface area contributed by atoms with Crippen LogP contribution in [-0.4, -0.2) is 37.1 Å². The SMILES string of the molecule is C=C(CN1CC2CNCC2C1C)c1ccccc1. The van der Waals surface area contributed by atoms with Gasteiger partial charge >= 0.3 is 0 Å². The second-order valence-electron chi connectivity index (χ2n) is 5.72. The van der Waals surface area contributed by atoms with E-state index >= 15 is 0 Å². The minimum atomic E-state index is 0.686. The predicted octanol–water partition coefficient (Wildman–Crippen LogP) is 2.24. The van der Waals surface area contributed by atoms with Crippen LogP contribution in [0.15, 0.2) is 36.9 Å². The van der Waals surface area contributed by atoms with Crippen LogP contribution >= 0.6 is 0 Å². The van der Waals surface area contributed by atoms with Crippen molar-refractivity contribution in [3.63, 3.8) is 0 Å². The average molecular weight is 242 g/mol. The molecule has 1 aromatic rings. The predicted molar refractivity (Wildman–Crippen MR) is 76.4 cm³/mol. The van der Waals surface area contributed by atoms with E-state index in [2.05, 4.69) is 54.1 Å². The number of likely N-dealkylation sites (tertiary alicyclic amines) is 1. The molecule has 2 heterocycles. The Balaban J connectivity index is 1.66. The van der Waals surface area contributed by atoms with Crippen LogP contribution in [0.2, 0.25) is 0 Å². The van der Waals surface area contributed by atoms with Crippen molar-refractivity contribution in [3.8, 4) is 0 Å². The average Bonchev–Trinajstić information content (AvgIpc) is 2.95. The highest BCUT2D eigenvalue weighted by Crippen LogP contribution is 2.33. The molecule has 2 saturated heterocycles. The van der Waals surface area contributed by atoms with E-state index in [9.17, 15) is 0 Å². The fourth-order valence-electron chi connectivity index (χ4n) is 3.47. The second-order valence-corrected chi connectivity index (χ2v) is 5.72.